The van der Waals surface area contributed by atoms with Crippen LogP contribution in [-0.4, -0.2) is 28.1 Å². The summed E-state index contributed by atoms with van der Waals surface area (Å²) < 4.78 is 5.33. The Labute approximate surface area is 110 Å². The summed E-state index contributed by atoms with van der Waals surface area (Å²) in [5, 5.41) is 14.0. The molecule has 19 heavy (non-hydrogen) atoms. The first-order chi connectivity index (χ1) is 9.10. The number of carboxylic acids is 1. The lowest BCUT2D eigenvalue weighted by Gasteiger charge is -2.13. The fourth-order valence-corrected chi connectivity index (χ4v) is 1.75. The zero-order valence-electron chi connectivity index (χ0n) is 10.7. The minimum atomic E-state index is -0.998. The molecule has 1 aliphatic carbocycles. The van der Waals surface area contributed by atoms with Crippen molar-refractivity contribution in [1.82, 2.24) is 15.6 Å². The molecule has 7 nitrogen and oxygen atoms in total. The Morgan fingerprint density at radius 3 is 2.84 bits per heavy atom. The van der Waals surface area contributed by atoms with E-state index in [1.807, 2.05) is 6.92 Å². The Balaban J connectivity index is 1.78. The molecule has 2 amide bonds. The maximum Gasteiger partial charge on any atom is 0.326 e. The van der Waals surface area contributed by atoms with Crippen LogP contribution in [0.25, 0.3) is 0 Å². The van der Waals surface area contributed by atoms with Gasteiger partial charge < -0.3 is 20.2 Å². The number of nitrogens with zero attached hydrogens (tertiary/aromatic N) is 1. The van der Waals surface area contributed by atoms with Gasteiger partial charge in [0.2, 0.25) is 5.89 Å². The van der Waals surface area contributed by atoms with Crippen molar-refractivity contribution in [1.29, 1.82) is 0 Å². The van der Waals surface area contributed by atoms with Gasteiger partial charge in [-0.15, -0.1) is 0 Å². The van der Waals surface area contributed by atoms with Crippen LogP contribution in [0.5, 0.6) is 0 Å². The van der Waals surface area contributed by atoms with Crippen LogP contribution in [0.2, 0.25) is 0 Å². The summed E-state index contributed by atoms with van der Waals surface area (Å²) in [5.41, 5.74) is 0. The fraction of sp³-hybridized carbons (Fsp3) is 0.583. The second kappa shape index (κ2) is 5.73. The molecule has 104 valence electrons. The van der Waals surface area contributed by atoms with Crippen LogP contribution < -0.4 is 10.6 Å². The minimum Gasteiger partial charge on any atom is -0.480 e. The summed E-state index contributed by atoms with van der Waals surface area (Å²) in [6.45, 7) is 2.08. The largest absolute Gasteiger partial charge is 0.480 e. The molecule has 0 spiro atoms. The van der Waals surface area contributed by atoms with Gasteiger partial charge in [-0.05, 0) is 18.8 Å². The third kappa shape index (κ3) is 3.70. The van der Waals surface area contributed by atoms with Gasteiger partial charge in [0, 0.05) is 6.42 Å². The van der Waals surface area contributed by atoms with Gasteiger partial charge in [0.15, 0.2) is 0 Å². The van der Waals surface area contributed by atoms with Crippen molar-refractivity contribution >= 4 is 12.0 Å². The summed E-state index contributed by atoms with van der Waals surface area (Å²) in [4.78, 5) is 26.5. The highest BCUT2D eigenvalue weighted by molar-refractivity contribution is 5.82. The molecule has 2 rings (SSSR count). The number of aryl methyl sites for hydroxylation is 1. The molecule has 7 heteroatoms. The first kappa shape index (κ1) is 13.4. The van der Waals surface area contributed by atoms with Crippen molar-refractivity contribution in [2.75, 3.05) is 0 Å². The average molecular weight is 267 g/mol. The van der Waals surface area contributed by atoms with Gasteiger partial charge in [-0.2, -0.15) is 0 Å². The molecule has 1 aromatic heterocycles. The molecule has 1 unspecified atom stereocenters. The topological polar surface area (TPSA) is 104 Å². The van der Waals surface area contributed by atoms with Crippen LogP contribution in [0, 0.1) is 5.92 Å². The number of aromatic nitrogens is 1. The van der Waals surface area contributed by atoms with E-state index in [-0.39, 0.29) is 12.5 Å². The van der Waals surface area contributed by atoms with Gasteiger partial charge >= 0.3 is 12.0 Å². The maximum atomic E-state index is 11.6. The van der Waals surface area contributed by atoms with Crippen LogP contribution in [-0.2, 0) is 17.8 Å². The van der Waals surface area contributed by atoms with E-state index in [1.165, 1.54) is 0 Å². The van der Waals surface area contributed by atoms with E-state index < -0.39 is 18.0 Å². The summed E-state index contributed by atoms with van der Waals surface area (Å²) in [6, 6.07) is -1.33. The summed E-state index contributed by atoms with van der Waals surface area (Å²) in [6.07, 6.45) is 4.04. The molecule has 1 fully saturated rings. The van der Waals surface area contributed by atoms with Gasteiger partial charge in [-0.3, -0.25) is 0 Å². The lowest BCUT2D eigenvalue weighted by Crippen LogP contribution is -2.47. The van der Waals surface area contributed by atoms with Crippen molar-refractivity contribution in [2.45, 2.75) is 38.8 Å². The minimum absolute atomic E-state index is 0.0525. The van der Waals surface area contributed by atoms with Crippen LogP contribution in [0.15, 0.2) is 10.6 Å². The Hall–Kier alpha value is -2.05. The SMILES string of the molecule is CCc1cnc(CNC(=O)NC(C(=O)O)C2CC2)o1. The Kier molecular flexibility index (Phi) is 4.03. The number of aliphatic carboxylic acids is 1. The van der Waals surface area contributed by atoms with E-state index in [0.29, 0.717) is 5.89 Å². The fourth-order valence-electron chi connectivity index (χ4n) is 1.75. The van der Waals surface area contributed by atoms with Gasteiger partial charge in [0.05, 0.1) is 12.7 Å². The molecule has 0 bridgehead atoms. The Morgan fingerprint density at radius 1 is 1.58 bits per heavy atom. The standard InChI is InChI=1S/C12H17N3O4/c1-2-8-5-13-9(19-8)6-14-12(18)15-10(11(16)17)7-3-4-7/h5,7,10H,2-4,6H2,1H3,(H,16,17)(H2,14,15,18). The molecule has 1 heterocycles. The summed E-state index contributed by atoms with van der Waals surface area (Å²) >= 11 is 0. The number of nitrogens with one attached hydrogen (secondary N) is 2. The first-order valence-electron chi connectivity index (χ1n) is 6.31. The number of oxazole rings is 1. The Bertz CT molecular complexity index is 467. The van der Waals surface area contributed by atoms with Gasteiger partial charge in [-0.25, -0.2) is 14.6 Å². The van der Waals surface area contributed by atoms with Crippen molar-refractivity contribution in [3.63, 3.8) is 0 Å². The second-order valence-electron chi connectivity index (χ2n) is 4.55. The van der Waals surface area contributed by atoms with Gasteiger partial charge in [0.1, 0.15) is 11.8 Å². The number of carbonyl (C=O) groups is 2. The molecule has 0 radical (unpaired) electrons. The summed E-state index contributed by atoms with van der Waals surface area (Å²) in [5.74, 6) is 0.211. The highest BCUT2D eigenvalue weighted by atomic mass is 16.4. The zero-order valence-corrected chi connectivity index (χ0v) is 10.7. The number of hydrogen-bond donors (Lipinski definition) is 3. The molecule has 0 aliphatic heterocycles. The van der Waals surface area contributed by atoms with E-state index >= 15 is 0 Å². The van der Waals surface area contributed by atoms with Crippen LogP contribution in [0.1, 0.15) is 31.4 Å². The predicted octanol–water partition coefficient (Wildman–Crippen LogP) is 0.899. The number of urea groups is 1. The van der Waals surface area contributed by atoms with Gasteiger partial charge in [-0.1, -0.05) is 6.92 Å². The molecule has 1 aromatic rings. The zero-order chi connectivity index (χ0) is 13.8. The van der Waals surface area contributed by atoms with Crippen LogP contribution in [0.4, 0.5) is 4.79 Å². The quantitative estimate of drug-likeness (QED) is 0.710. The molecule has 0 saturated heterocycles. The van der Waals surface area contributed by atoms with Crippen LogP contribution in [0.3, 0.4) is 0 Å². The third-order valence-corrected chi connectivity index (χ3v) is 3.00. The van der Waals surface area contributed by atoms with E-state index in [1.54, 1.807) is 6.20 Å². The highest BCUT2D eigenvalue weighted by Gasteiger charge is 2.37. The van der Waals surface area contributed by atoms with E-state index in [9.17, 15) is 9.59 Å². The number of carboxylic acid groups (broad SMARTS) is 1. The smallest absolute Gasteiger partial charge is 0.326 e. The molecular formula is C12H17N3O4. The van der Waals surface area contributed by atoms with Gasteiger partial charge in [0.25, 0.3) is 0 Å². The number of amides is 2. The van der Waals surface area contributed by atoms with Crippen molar-refractivity contribution in [2.24, 2.45) is 5.92 Å². The second-order valence-corrected chi connectivity index (χ2v) is 4.55. The maximum absolute atomic E-state index is 11.6. The first-order valence-corrected chi connectivity index (χ1v) is 6.31. The normalized spacial score (nSPS) is 15.8. The van der Waals surface area contributed by atoms with Crippen molar-refractivity contribution in [3.05, 3.63) is 17.8 Å². The molecule has 1 aliphatic rings. The highest BCUT2D eigenvalue weighted by Crippen LogP contribution is 2.32. The number of rotatable bonds is 6. The molecule has 0 aromatic carbocycles. The third-order valence-electron chi connectivity index (χ3n) is 3.00. The van der Waals surface area contributed by atoms with E-state index in [4.69, 9.17) is 9.52 Å². The van der Waals surface area contributed by atoms with E-state index in [0.717, 1.165) is 25.0 Å². The molecular weight excluding hydrogens is 250 g/mol. The van der Waals surface area contributed by atoms with Crippen LogP contribution >= 0.6 is 0 Å². The molecule has 3 N–H and O–H groups in total. The van der Waals surface area contributed by atoms with E-state index in [2.05, 4.69) is 15.6 Å². The molecule has 1 saturated carbocycles. The number of hydrogen-bond acceptors (Lipinski definition) is 4. The lowest BCUT2D eigenvalue weighted by atomic mass is 10.2. The predicted molar refractivity (Wildman–Crippen MR) is 65.4 cm³/mol. The summed E-state index contributed by atoms with van der Waals surface area (Å²) in [7, 11) is 0. The van der Waals surface area contributed by atoms with Crippen molar-refractivity contribution < 1.29 is 19.1 Å². The Morgan fingerprint density at radius 2 is 2.32 bits per heavy atom. The monoisotopic (exact) mass is 267 g/mol. The average Bonchev–Trinajstić information content (AvgIpc) is 3.11. The molecule has 1 atom stereocenters. The number of carbonyl (C=O) groups excluding carboxylic acids is 1. The van der Waals surface area contributed by atoms with Crippen molar-refractivity contribution in [3.8, 4) is 0 Å². The lowest BCUT2D eigenvalue weighted by molar-refractivity contribution is -0.139.